The zero-order chi connectivity index (χ0) is 11.5. The van der Waals surface area contributed by atoms with Crippen molar-refractivity contribution >= 4 is 0 Å². The average Bonchev–Trinajstić information content (AvgIpc) is 2.75. The standard InChI is InChI=1S/C12H17NO3/c1-8(13-2)4-9-5-10(14-3)12-11(6-9)15-7-16-12/h5-6,8,13H,4,7H2,1-3H3. The summed E-state index contributed by atoms with van der Waals surface area (Å²) in [5, 5.41) is 3.21. The average molecular weight is 223 g/mol. The normalized spacial score (nSPS) is 14.9. The molecule has 0 saturated carbocycles. The molecule has 0 aromatic heterocycles. The molecule has 0 spiro atoms. The number of rotatable bonds is 4. The Labute approximate surface area is 95.5 Å². The topological polar surface area (TPSA) is 39.7 Å². The first kappa shape index (κ1) is 11.1. The van der Waals surface area contributed by atoms with E-state index in [2.05, 4.69) is 12.2 Å². The molecule has 1 aliphatic rings. The number of benzene rings is 1. The van der Waals surface area contributed by atoms with Crippen molar-refractivity contribution in [2.75, 3.05) is 21.0 Å². The van der Waals surface area contributed by atoms with Crippen molar-refractivity contribution in [2.24, 2.45) is 0 Å². The molecule has 1 aromatic carbocycles. The molecule has 1 heterocycles. The minimum atomic E-state index is 0.275. The van der Waals surface area contributed by atoms with E-state index >= 15 is 0 Å². The van der Waals surface area contributed by atoms with E-state index in [1.165, 1.54) is 5.56 Å². The van der Waals surface area contributed by atoms with Crippen LogP contribution in [-0.2, 0) is 6.42 Å². The minimum Gasteiger partial charge on any atom is -0.493 e. The molecule has 16 heavy (non-hydrogen) atoms. The van der Waals surface area contributed by atoms with Gasteiger partial charge < -0.3 is 19.5 Å². The SMILES string of the molecule is CNC(C)Cc1cc(OC)c2c(c1)OCO2. The predicted octanol–water partition coefficient (Wildman–Crippen LogP) is 1.57. The van der Waals surface area contributed by atoms with Crippen LogP contribution in [-0.4, -0.2) is 27.0 Å². The summed E-state index contributed by atoms with van der Waals surface area (Å²) in [5.41, 5.74) is 1.18. The quantitative estimate of drug-likeness (QED) is 0.841. The van der Waals surface area contributed by atoms with Crippen molar-refractivity contribution in [3.8, 4) is 17.2 Å². The summed E-state index contributed by atoms with van der Waals surface area (Å²) >= 11 is 0. The molecule has 0 fully saturated rings. The molecule has 1 unspecified atom stereocenters. The number of methoxy groups -OCH3 is 1. The van der Waals surface area contributed by atoms with E-state index in [1.54, 1.807) is 7.11 Å². The third kappa shape index (κ3) is 2.07. The monoisotopic (exact) mass is 223 g/mol. The van der Waals surface area contributed by atoms with Crippen LogP contribution in [0.3, 0.4) is 0 Å². The lowest BCUT2D eigenvalue weighted by atomic mass is 10.1. The summed E-state index contributed by atoms with van der Waals surface area (Å²) in [4.78, 5) is 0. The van der Waals surface area contributed by atoms with Gasteiger partial charge in [-0.05, 0) is 38.1 Å². The molecule has 0 aliphatic carbocycles. The minimum absolute atomic E-state index is 0.275. The first-order valence-corrected chi connectivity index (χ1v) is 5.38. The number of hydrogen-bond acceptors (Lipinski definition) is 4. The van der Waals surface area contributed by atoms with Crippen LogP contribution in [0.1, 0.15) is 12.5 Å². The molecule has 0 radical (unpaired) electrons. The van der Waals surface area contributed by atoms with E-state index in [1.807, 2.05) is 19.2 Å². The van der Waals surface area contributed by atoms with E-state index in [4.69, 9.17) is 14.2 Å². The van der Waals surface area contributed by atoms with Crippen molar-refractivity contribution in [2.45, 2.75) is 19.4 Å². The zero-order valence-corrected chi connectivity index (χ0v) is 9.87. The molecule has 4 nitrogen and oxygen atoms in total. The Balaban J connectivity index is 2.27. The highest BCUT2D eigenvalue weighted by Crippen LogP contribution is 2.41. The predicted molar refractivity (Wildman–Crippen MR) is 61.3 cm³/mol. The van der Waals surface area contributed by atoms with Crippen LogP contribution in [0, 0.1) is 0 Å². The van der Waals surface area contributed by atoms with Gasteiger partial charge in [-0.3, -0.25) is 0 Å². The van der Waals surface area contributed by atoms with Crippen molar-refractivity contribution in [3.63, 3.8) is 0 Å². The summed E-state index contributed by atoms with van der Waals surface area (Å²) in [7, 11) is 3.59. The first-order chi connectivity index (χ1) is 7.74. The lowest BCUT2D eigenvalue weighted by Gasteiger charge is -2.12. The van der Waals surface area contributed by atoms with Gasteiger partial charge in [0.05, 0.1) is 7.11 Å². The fraction of sp³-hybridized carbons (Fsp3) is 0.500. The van der Waals surface area contributed by atoms with E-state index in [0.29, 0.717) is 11.8 Å². The van der Waals surface area contributed by atoms with Gasteiger partial charge in [-0.2, -0.15) is 0 Å². The van der Waals surface area contributed by atoms with Gasteiger partial charge in [0.2, 0.25) is 12.5 Å². The van der Waals surface area contributed by atoms with Gasteiger partial charge >= 0.3 is 0 Å². The smallest absolute Gasteiger partial charge is 0.231 e. The molecule has 1 N–H and O–H groups in total. The third-order valence-electron chi connectivity index (χ3n) is 2.75. The summed E-state index contributed by atoms with van der Waals surface area (Å²) < 4.78 is 16.0. The van der Waals surface area contributed by atoms with Crippen molar-refractivity contribution < 1.29 is 14.2 Å². The summed E-state index contributed by atoms with van der Waals surface area (Å²) in [6.45, 7) is 2.41. The maximum atomic E-state index is 5.37. The van der Waals surface area contributed by atoms with Crippen LogP contribution >= 0.6 is 0 Å². The van der Waals surface area contributed by atoms with Gasteiger partial charge in [0.1, 0.15) is 0 Å². The number of fused-ring (bicyclic) bond motifs is 1. The van der Waals surface area contributed by atoms with Crippen LogP contribution in [0.4, 0.5) is 0 Å². The molecular weight excluding hydrogens is 206 g/mol. The first-order valence-electron chi connectivity index (χ1n) is 5.38. The Morgan fingerprint density at radius 3 is 2.94 bits per heavy atom. The second kappa shape index (κ2) is 4.61. The van der Waals surface area contributed by atoms with Crippen LogP contribution in [0.2, 0.25) is 0 Å². The Kier molecular flexibility index (Phi) is 3.19. The Morgan fingerprint density at radius 1 is 1.44 bits per heavy atom. The van der Waals surface area contributed by atoms with Gasteiger partial charge in [0, 0.05) is 6.04 Å². The van der Waals surface area contributed by atoms with Gasteiger partial charge in [-0.1, -0.05) is 0 Å². The Bertz CT molecular complexity index is 379. The van der Waals surface area contributed by atoms with E-state index in [0.717, 1.165) is 17.9 Å². The largest absolute Gasteiger partial charge is 0.493 e. The molecule has 4 heteroatoms. The molecule has 1 aliphatic heterocycles. The van der Waals surface area contributed by atoms with E-state index in [9.17, 15) is 0 Å². The molecular formula is C12H17NO3. The highest BCUT2D eigenvalue weighted by Gasteiger charge is 2.20. The maximum absolute atomic E-state index is 5.37. The summed E-state index contributed by atoms with van der Waals surface area (Å²) in [5.74, 6) is 2.23. The third-order valence-corrected chi connectivity index (χ3v) is 2.75. The van der Waals surface area contributed by atoms with Gasteiger partial charge in [0.25, 0.3) is 0 Å². The van der Waals surface area contributed by atoms with Gasteiger partial charge in [-0.15, -0.1) is 0 Å². The number of likely N-dealkylation sites (N-methyl/N-ethyl adjacent to an activating group) is 1. The van der Waals surface area contributed by atoms with Crippen molar-refractivity contribution in [1.29, 1.82) is 0 Å². The number of nitrogens with one attached hydrogen (secondary N) is 1. The van der Waals surface area contributed by atoms with Crippen LogP contribution < -0.4 is 19.5 Å². The second-order valence-electron chi connectivity index (χ2n) is 3.93. The van der Waals surface area contributed by atoms with Gasteiger partial charge in [0.15, 0.2) is 11.5 Å². The highest BCUT2D eigenvalue weighted by atomic mass is 16.7. The van der Waals surface area contributed by atoms with Crippen molar-refractivity contribution in [1.82, 2.24) is 5.32 Å². The Hall–Kier alpha value is -1.42. The summed E-state index contributed by atoms with van der Waals surface area (Å²) in [6.07, 6.45) is 0.934. The zero-order valence-electron chi connectivity index (χ0n) is 9.87. The van der Waals surface area contributed by atoms with E-state index < -0.39 is 0 Å². The fourth-order valence-corrected chi connectivity index (χ4v) is 1.76. The molecule has 0 bridgehead atoms. The highest BCUT2D eigenvalue weighted by molar-refractivity contribution is 5.55. The van der Waals surface area contributed by atoms with Gasteiger partial charge in [-0.25, -0.2) is 0 Å². The fourth-order valence-electron chi connectivity index (χ4n) is 1.76. The molecule has 1 aromatic rings. The molecule has 1 atom stereocenters. The molecule has 0 amide bonds. The second-order valence-corrected chi connectivity index (χ2v) is 3.93. The number of hydrogen-bond donors (Lipinski definition) is 1. The molecule has 2 rings (SSSR count). The van der Waals surface area contributed by atoms with Crippen LogP contribution in [0.25, 0.3) is 0 Å². The van der Waals surface area contributed by atoms with Crippen LogP contribution in [0.15, 0.2) is 12.1 Å². The van der Waals surface area contributed by atoms with E-state index in [-0.39, 0.29) is 6.79 Å². The maximum Gasteiger partial charge on any atom is 0.231 e. The van der Waals surface area contributed by atoms with Crippen LogP contribution in [0.5, 0.6) is 17.2 Å². The lowest BCUT2D eigenvalue weighted by Crippen LogP contribution is -2.23. The van der Waals surface area contributed by atoms with Crippen molar-refractivity contribution in [3.05, 3.63) is 17.7 Å². The number of ether oxygens (including phenoxy) is 3. The molecule has 0 saturated heterocycles. The Morgan fingerprint density at radius 2 is 2.25 bits per heavy atom. The summed E-state index contributed by atoms with van der Waals surface area (Å²) in [6, 6.07) is 4.44. The lowest BCUT2D eigenvalue weighted by molar-refractivity contribution is 0.171. The molecule has 88 valence electrons.